The number of carbonyl (C=O) groups is 2. The van der Waals surface area contributed by atoms with Crippen LogP contribution in [0.15, 0.2) is 18.2 Å². The van der Waals surface area contributed by atoms with E-state index in [-0.39, 0.29) is 11.7 Å². The van der Waals surface area contributed by atoms with Gasteiger partial charge in [0.1, 0.15) is 11.7 Å². The van der Waals surface area contributed by atoms with E-state index in [1.54, 1.807) is 13.0 Å². The summed E-state index contributed by atoms with van der Waals surface area (Å²) in [5.41, 5.74) is -0.566. The van der Waals surface area contributed by atoms with Gasteiger partial charge in [-0.05, 0) is 31.9 Å². The Morgan fingerprint density at radius 1 is 1.56 bits per heavy atom. The van der Waals surface area contributed by atoms with Crippen molar-refractivity contribution in [1.29, 1.82) is 0 Å². The lowest BCUT2D eigenvalue weighted by Gasteiger charge is -2.10. The average molecular weight is 251 g/mol. The Morgan fingerprint density at radius 3 is 2.78 bits per heavy atom. The van der Waals surface area contributed by atoms with Crippen LogP contribution in [0, 0.1) is 11.2 Å². The van der Waals surface area contributed by atoms with Gasteiger partial charge in [0.15, 0.2) is 11.6 Å². The van der Waals surface area contributed by atoms with Crippen molar-refractivity contribution in [1.82, 2.24) is 0 Å². The first-order valence-corrected chi connectivity index (χ1v) is 5.81. The Hall–Kier alpha value is -1.91. The van der Waals surface area contributed by atoms with Gasteiger partial charge in [-0.1, -0.05) is 0 Å². The Bertz CT molecular complexity index is 483. The minimum Gasteiger partial charge on any atom is -0.491 e. The number of ether oxygens (including phenoxy) is 1. The van der Waals surface area contributed by atoms with E-state index in [0.717, 1.165) is 0 Å². The second-order valence-corrected chi connectivity index (χ2v) is 4.31. The Morgan fingerprint density at radius 2 is 2.28 bits per heavy atom. The molecule has 1 amide bonds. The number of carbonyl (C=O) groups excluding carboxylic acids is 2. The normalized spacial score (nSPS) is 15.9. The number of amides is 1. The van der Waals surface area contributed by atoms with Gasteiger partial charge in [-0.25, -0.2) is 4.39 Å². The standard InChI is InChI=1S/C13H14FNO3/c1-2-18-11-4-3-9(7-10(11)14)15-12(17)13(8-16)5-6-13/h3-4,7-8H,2,5-6H2,1H3,(H,15,17). The molecule has 0 aliphatic heterocycles. The highest BCUT2D eigenvalue weighted by molar-refractivity contribution is 6.07. The van der Waals surface area contributed by atoms with Crippen LogP contribution in [0.25, 0.3) is 0 Å². The van der Waals surface area contributed by atoms with E-state index in [1.807, 2.05) is 0 Å². The van der Waals surface area contributed by atoms with Crippen LogP contribution in [0.2, 0.25) is 0 Å². The monoisotopic (exact) mass is 251 g/mol. The number of halogens is 1. The summed E-state index contributed by atoms with van der Waals surface area (Å²) in [4.78, 5) is 22.5. The van der Waals surface area contributed by atoms with Gasteiger partial charge >= 0.3 is 0 Å². The van der Waals surface area contributed by atoms with Crippen molar-refractivity contribution in [3.63, 3.8) is 0 Å². The van der Waals surface area contributed by atoms with Gasteiger partial charge in [-0.2, -0.15) is 0 Å². The number of hydrogen-bond acceptors (Lipinski definition) is 3. The van der Waals surface area contributed by atoms with Crippen molar-refractivity contribution in [2.75, 3.05) is 11.9 Å². The van der Waals surface area contributed by atoms with E-state index in [2.05, 4.69) is 5.32 Å². The van der Waals surface area contributed by atoms with Crippen LogP contribution in [0.1, 0.15) is 19.8 Å². The zero-order chi connectivity index (χ0) is 13.2. The molecular formula is C13H14FNO3. The predicted octanol–water partition coefficient (Wildman–Crippen LogP) is 2.14. The largest absolute Gasteiger partial charge is 0.491 e. The fourth-order valence-corrected chi connectivity index (χ4v) is 1.64. The summed E-state index contributed by atoms with van der Waals surface area (Å²) < 4.78 is 18.6. The Labute approximate surface area is 104 Å². The predicted molar refractivity (Wildman–Crippen MR) is 63.9 cm³/mol. The van der Waals surface area contributed by atoms with Crippen LogP contribution in [0.3, 0.4) is 0 Å². The number of aldehydes is 1. The van der Waals surface area contributed by atoms with Crippen molar-refractivity contribution in [3.8, 4) is 5.75 Å². The van der Waals surface area contributed by atoms with Gasteiger partial charge < -0.3 is 14.8 Å². The zero-order valence-electron chi connectivity index (χ0n) is 10.0. The van der Waals surface area contributed by atoms with E-state index in [4.69, 9.17) is 4.74 Å². The lowest BCUT2D eigenvalue weighted by atomic mass is 10.1. The van der Waals surface area contributed by atoms with Crippen molar-refractivity contribution < 1.29 is 18.7 Å². The third kappa shape index (κ3) is 2.34. The van der Waals surface area contributed by atoms with Gasteiger partial charge in [0, 0.05) is 11.8 Å². The molecule has 1 saturated carbocycles. The maximum atomic E-state index is 13.5. The van der Waals surface area contributed by atoms with E-state index < -0.39 is 11.2 Å². The minimum atomic E-state index is -0.894. The first kappa shape index (κ1) is 12.5. The topological polar surface area (TPSA) is 55.4 Å². The molecule has 0 aromatic heterocycles. The molecule has 2 rings (SSSR count). The molecule has 96 valence electrons. The van der Waals surface area contributed by atoms with Crippen LogP contribution >= 0.6 is 0 Å². The Balaban J connectivity index is 2.08. The summed E-state index contributed by atoms with van der Waals surface area (Å²) in [6, 6.07) is 4.19. The number of hydrogen-bond donors (Lipinski definition) is 1. The molecule has 0 bridgehead atoms. The van der Waals surface area contributed by atoms with Gasteiger partial charge in [0.25, 0.3) is 0 Å². The molecule has 0 unspecified atom stereocenters. The van der Waals surface area contributed by atoms with Gasteiger partial charge in [0.2, 0.25) is 5.91 Å². The van der Waals surface area contributed by atoms with Gasteiger partial charge in [-0.3, -0.25) is 4.79 Å². The van der Waals surface area contributed by atoms with E-state index in [9.17, 15) is 14.0 Å². The molecule has 1 aromatic carbocycles. The quantitative estimate of drug-likeness (QED) is 0.644. The number of nitrogens with one attached hydrogen (secondary N) is 1. The van der Waals surface area contributed by atoms with Crippen LogP contribution in [0.5, 0.6) is 5.75 Å². The highest BCUT2D eigenvalue weighted by atomic mass is 19.1. The maximum Gasteiger partial charge on any atom is 0.237 e. The number of rotatable bonds is 5. The molecule has 0 spiro atoms. The molecule has 5 heteroatoms. The molecule has 18 heavy (non-hydrogen) atoms. The number of benzene rings is 1. The number of anilines is 1. The van der Waals surface area contributed by atoms with Gasteiger partial charge in [-0.15, -0.1) is 0 Å². The van der Waals surface area contributed by atoms with E-state index in [1.165, 1.54) is 12.1 Å². The maximum absolute atomic E-state index is 13.5. The molecule has 1 N–H and O–H groups in total. The van der Waals surface area contributed by atoms with E-state index in [0.29, 0.717) is 31.4 Å². The van der Waals surface area contributed by atoms with Crippen LogP contribution in [-0.4, -0.2) is 18.8 Å². The average Bonchev–Trinajstić information content (AvgIpc) is 3.14. The van der Waals surface area contributed by atoms with Crippen molar-refractivity contribution in [2.24, 2.45) is 5.41 Å². The third-order valence-corrected chi connectivity index (χ3v) is 2.96. The molecule has 1 aliphatic carbocycles. The van der Waals surface area contributed by atoms with Crippen molar-refractivity contribution in [3.05, 3.63) is 24.0 Å². The summed E-state index contributed by atoms with van der Waals surface area (Å²) in [5, 5.41) is 2.54. The lowest BCUT2D eigenvalue weighted by Crippen LogP contribution is -2.25. The lowest BCUT2D eigenvalue weighted by molar-refractivity contribution is -0.126. The smallest absolute Gasteiger partial charge is 0.237 e. The highest BCUT2D eigenvalue weighted by Crippen LogP contribution is 2.44. The summed E-state index contributed by atoms with van der Waals surface area (Å²) >= 11 is 0. The molecule has 0 atom stereocenters. The molecule has 1 fully saturated rings. The second kappa shape index (κ2) is 4.76. The molecule has 0 saturated heterocycles. The molecule has 1 aromatic rings. The molecular weight excluding hydrogens is 237 g/mol. The van der Waals surface area contributed by atoms with Crippen LogP contribution in [0.4, 0.5) is 10.1 Å². The zero-order valence-corrected chi connectivity index (χ0v) is 10.0. The summed E-state index contributed by atoms with van der Waals surface area (Å²) in [7, 11) is 0. The van der Waals surface area contributed by atoms with Crippen LogP contribution < -0.4 is 10.1 Å². The van der Waals surface area contributed by atoms with Crippen LogP contribution in [-0.2, 0) is 9.59 Å². The van der Waals surface area contributed by atoms with E-state index >= 15 is 0 Å². The first-order valence-electron chi connectivity index (χ1n) is 5.81. The van der Waals surface area contributed by atoms with Gasteiger partial charge in [0.05, 0.1) is 6.61 Å². The second-order valence-electron chi connectivity index (χ2n) is 4.31. The minimum absolute atomic E-state index is 0.145. The van der Waals surface area contributed by atoms with Crippen molar-refractivity contribution >= 4 is 17.9 Å². The third-order valence-electron chi connectivity index (χ3n) is 2.96. The summed E-state index contributed by atoms with van der Waals surface area (Å²) in [6.45, 7) is 2.13. The fraction of sp³-hybridized carbons (Fsp3) is 0.385. The summed E-state index contributed by atoms with van der Waals surface area (Å²) in [6.07, 6.45) is 1.77. The summed E-state index contributed by atoms with van der Waals surface area (Å²) in [5.74, 6) is -0.765. The SMILES string of the molecule is CCOc1ccc(NC(=O)C2(C=O)CC2)cc1F. The molecule has 0 radical (unpaired) electrons. The van der Waals surface area contributed by atoms with Crippen molar-refractivity contribution in [2.45, 2.75) is 19.8 Å². The molecule has 0 heterocycles. The molecule has 4 nitrogen and oxygen atoms in total. The first-order chi connectivity index (χ1) is 8.61. The highest BCUT2D eigenvalue weighted by Gasteiger charge is 2.50. The molecule has 1 aliphatic rings. The Kier molecular flexibility index (Phi) is 3.32. The fourth-order valence-electron chi connectivity index (χ4n) is 1.64.